The zero-order chi connectivity index (χ0) is 16.2. The van der Waals surface area contributed by atoms with Gasteiger partial charge in [-0.15, -0.1) is 0 Å². The smallest absolute Gasteiger partial charge is 0.338 e. The molecule has 3 aromatic rings. The van der Waals surface area contributed by atoms with Crippen molar-refractivity contribution in [2.75, 3.05) is 0 Å². The van der Waals surface area contributed by atoms with E-state index in [-0.39, 0.29) is 18.1 Å². The largest absolute Gasteiger partial charge is 0.452 e. The van der Waals surface area contributed by atoms with Crippen LogP contribution in [0.3, 0.4) is 0 Å². The minimum Gasteiger partial charge on any atom is -0.452 e. The van der Waals surface area contributed by atoms with Crippen LogP contribution in [0, 0.1) is 5.82 Å². The van der Waals surface area contributed by atoms with Crippen molar-refractivity contribution in [1.29, 1.82) is 0 Å². The molecule has 1 heterocycles. The van der Waals surface area contributed by atoms with Crippen LogP contribution in [0.2, 0.25) is 0 Å². The van der Waals surface area contributed by atoms with Crippen LogP contribution >= 0.6 is 15.9 Å². The first-order chi connectivity index (χ1) is 11.1. The Balaban J connectivity index is 1.65. The average Bonchev–Trinajstić information content (AvgIpc) is 3.02. The van der Waals surface area contributed by atoms with E-state index in [0.717, 1.165) is 10.0 Å². The van der Waals surface area contributed by atoms with E-state index >= 15 is 0 Å². The summed E-state index contributed by atoms with van der Waals surface area (Å²) in [5.74, 6) is -0.432. The van der Waals surface area contributed by atoms with Crippen LogP contribution in [-0.4, -0.2) is 16.1 Å². The summed E-state index contributed by atoms with van der Waals surface area (Å²) in [6.45, 7) is -0.156. The summed E-state index contributed by atoms with van der Waals surface area (Å²) in [6.07, 6.45) is 0. The van der Waals surface area contributed by atoms with Gasteiger partial charge in [0.25, 0.3) is 5.89 Å². The van der Waals surface area contributed by atoms with Crippen LogP contribution in [-0.2, 0) is 11.3 Å². The van der Waals surface area contributed by atoms with Crippen molar-refractivity contribution in [2.45, 2.75) is 6.61 Å². The highest BCUT2D eigenvalue weighted by Gasteiger charge is 2.12. The van der Waals surface area contributed by atoms with Crippen molar-refractivity contribution in [3.63, 3.8) is 0 Å². The number of hydrogen-bond acceptors (Lipinski definition) is 5. The van der Waals surface area contributed by atoms with Gasteiger partial charge in [-0.05, 0) is 36.4 Å². The fraction of sp³-hybridized carbons (Fsp3) is 0.0625. The molecule has 0 spiro atoms. The Morgan fingerprint density at radius 3 is 2.74 bits per heavy atom. The maximum absolute atomic E-state index is 12.8. The molecule has 0 N–H and O–H groups in total. The lowest BCUT2D eigenvalue weighted by Gasteiger charge is -2.01. The van der Waals surface area contributed by atoms with Crippen LogP contribution < -0.4 is 0 Å². The number of rotatable bonds is 4. The number of carbonyl (C=O) groups is 1. The maximum Gasteiger partial charge on any atom is 0.338 e. The topological polar surface area (TPSA) is 65.2 Å². The van der Waals surface area contributed by atoms with Gasteiger partial charge in [-0.1, -0.05) is 33.2 Å². The second kappa shape index (κ2) is 6.70. The molecule has 0 radical (unpaired) electrons. The highest BCUT2D eigenvalue weighted by Crippen LogP contribution is 2.20. The predicted octanol–water partition coefficient (Wildman–Crippen LogP) is 4.00. The summed E-state index contributed by atoms with van der Waals surface area (Å²) in [5, 5.41) is 3.84. The van der Waals surface area contributed by atoms with Crippen molar-refractivity contribution < 1.29 is 18.4 Å². The van der Waals surface area contributed by atoms with Crippen LogP contribution in [0.5, 0.6) is 0 Å². The Kier molecular flexibility index (Phi) is 4.47. The van der Waals surface area contributed by atoms with E-state index in [0.29, 0.717) is 5.82 Å². The molecule has 0 fully saturated rings. The highest BCUT2D eigenvalue weighted by atomic mass is 79.9. The molecule has 23 heavy (non-hydrogen) atoms. The fourth-order valence-electron chi connectivity index (χ4n) is 1.85. The quantitative estimate of drug-likeness (QED) is 0.644. The van der Waals surface area contributed by atoms with Crippen LogP contribution in [0.1, 0.15) is 16.2 Å². The zero-order valence-electron chi connectivity index (χ0n) is 11.7. The Labute approximate surface area is 139 Å². The van der Waals surface area contributed by atoms with Gasteiger partial charge in [-0.2, -0.15) is 4.98 Å². The number of carbonyl (C=O) groups excluding carboxylic acids is 1. The maximum atomic E-state index is 12.8. The SMILES string of the molecule is O=C(OCc1nc(-c2cccc(Br)c2)no1)c1ccc(F)cc1. The van der Waals surface area contributed by atoms with Gasteiger partial charge in [0.1, 0.15) is 5.82 Å². The van der Waals surface area contributed by atoms with E-state index in [4.69, 9.17) is 9.26 Å². The van der Waals surface area contributed by atoms with E-state index in [2.05, 4.69) is 26.1 Å². The summed E-state index contributed by atoms with van der Waals surface area (Å²) < 4.78 is 23.8. The molecule has 0 aliphatic carbocycles. The minimum absolute atomic E-state index is 0.156. The Bertz CT molecular complexity index is 833. The second-order valence-corrected chi connectivity index (χ2v) is 5.52. The molecule has 0 aliphatic heterocycles. The number of hydrogen-bond donors (Lipinski definition) is 0. The number of ether oxygens (including phenoxy) is 1. The highest BCUT2D eigenvalue weighted by molar-refractivity contribution is 9.10. The third-order valence-electron chi connectivity index (χ3n) is 2.96. The Morgan fingerprint density at radius 2 is 2.00 bits per heavy atom. The van der Waals surface area contributed by atoms with Crippen molar-refractivity contribution in [2.24, 2.45) is 0 Å². The van der Waals surface area contributed by atoms with E-state index in [1.165, 1.54) is 24.3 Å². The molecular weight excluding hydrogens is 367 g/mol. The van der Waals surface area contributed by atoms with Gasteiger partial charge in [0.2, 0.25) is 5.82 Å². The van der Waals surface area contributed by atoms with E-state index in [1.54, 1.807) is 0 Å². The third-order valence-corrected chi connectivity index (χ3v) is 3.45. The Hall–Kier alpha value is -2.54. The summed E-state index contributed by atoms with van der Waals surface area (Å²) in [6, 6.07) is 12.5. The molecule has 1 aromatic heterocycles. The van der Waals surface area contributed by atoms with Crippen molar-refractivity contribution in [1.82, 2.24) is 10.1 Å². The predicted molar refractivity (Wildman–Crippen MR) is 83.0 cm³/mol. The van der Waals surface area contributed by atoms with Gasteiger partial charge in [-0.3, -0.25) is 0 Å². The molecule has 7 heteroatoms. The van der Waals surface area contributed by atoms with E-state index < -0.39 is 11.8 Å². The van der Waals surface area contributed by atoms with E-state index in [1.807, 2.05) is 24.3 Å². The lowest BCUT2D eigenvalue weighted by molar-refractivity contribution is 0.0430. The summed E-state index contributed by atoms with van der Waals surface area (Å²) in [5.41, 5.74) is 1.03. The minimum atomic E-state index is -0.591. The lowest BCUT2D eigenvalue weighted by Crippen LogP contribution is -2.05. The number of nitrogens with zero attached hydrogens (tertiary/aromatic N) is 2. The van der Waals surface area contributed by atoms with Gasteiger partial charge in [-0.25, -0.2) is 9.18 Å². The molecule has 0 atom stereocenters. The molecule has 0 bridgehead atoms. The average molecular weight is 377 g/mol. The number of esters is 1. The lowest BCUT2D eigenvalue weighted by atomic mass is 10.2. The Morgan fingerprint density at radius 1 is 1.22 bits per heavy atom. The number of halogens is 2. The summed E-state index contributed by atoms with van der Waals surface area (Å²) in [7, 11) is 0. The first-order valence-corrected chi connectivity index (χ1v) is 7.42. The second-order valence-electron chi connectivity index (χ2n) is 4.61. The molecule has 0 saturated carbocycles. The van der Waals surface area contributed by atoms with Crippen molar-refractivity contribution >= 4 is 21.9 Å². The molecule has 116 valence electrons. The molecule has 5 nitrogen and oxygen atoms in total. The summed E-state index contributed by atoms with van der Waals surface area (Å²) in [4.78, 5) is 16.0. The monoisotopic (exact) mass is 376 g/mol. The standard InChI is InChI=1S/C16H10BrFN2O3/c17-12-3-1-2-11(8-12)15-19-14(23-20-15)9-22-16(21)10-4-6-13(18)7-5-10/h1-8H,9H2. The van der Waals surface area contributed by atoms with Gasteiger partial charge in [0, 0.05) is 10.0 Å². The number of benzene rings is 2. The molecule has 2 aromatic carbocycles. The van der Waals surface area contributed by atoms with Crippen LogP contribution in [0.4, 0.5) is 4.39 Å². The van der Waals surface area contributed by atoms with Gasteiger partial charge in [0.15, 0.2) is 6.61 Å². The van der Waals surface area contributed by atoms with Crippen molar-refractivity contribution in [3.05, 3.63) is 70.3 Å². The molecule has 0 aliphatic rings. The van der Waals surface area contributed by atoms with Gasteiger partial charge in [0.05, 0.1) is 5.56 Å². The molecule has 3 rings (SSSR count). The van der Waals surface area contributed by atoms with Gasteiger partial charge >= 0.3 is 5.97 Å². The van der Waals surface area contributed by atoms with E-state index in [9.17, 15) is 9.18 Å². The molecule has 0 amide bonds. The molecular formula is C16H10BrFN2O3. The third kappa shape index (κ3) is 3.81. The number of aromatic nitrogens is 2. The van der Waals surface area contributed by atoms with Crippen LogP contribution in [0.15, 0.2) is 57.5 Å². The van der Waals surface area contributed by atoms with Gasteiger partial charge < -0.3 is 9.26 Å². The van der Waals surface area contributed by atoms with Crippen LogP contribution in [0.25, 0.3) is 11.4 Å². The molecule has 0 saturated heterocycles. The van der Waals surface area contributed by atoms with Crippen molar-refractivity contribution in [3.8, 4) is 11.4 Å². The zero-order valence-corrected chi connectivity index (χ0v) is 13.3. The summed E-state index contributed by atoms with van der Waals surface area (Å²) >= 11 is 3.36. The first kappa shape index (κ1) is 15.4. The normalized spacial score (nSPS) is 10.5. The first-order valence-electron chi connectivity index (χ1n) is 6.63. The fourth-order valence-corrected chi connectivity index (χ4v) is 2.25. The molecule has 0 unspecified atom stereocenters.